The summed E-state index contributed by atoms with van der Waals surface area (Å²) in [5, 5.41) is 21.7. The minimum absolute atomic E-state index is 0.0294. The van der Waals surface area contributed by atoms with E-state index in [1.807, 2.05) is 0 Å². The molecule has 0 radical (unpaired) electrons. The number of aliphatic hydroxyl groups is 1. The molecule has 0 aromatic heterocycles. The molecule has 0 aliphatic heterocycles. The molecule has 2 rings (SSSR count). The average Bonchev–Trinajstić information content (AvgIpc) is 2.58. The van der Waals surface area contributed by atoms with Crippen molar-refractivity contribution in [3.8, 4) is 0 Å². The van der Waals surface area contributed by atoms with Gasteiger partial charge in [0.1, 0.15) is 6.04 Å². The zero-order valence-electron chi connectivity index (χ0n) is 13.4. The predicted molar refractivity (Wildman–Crippen MR) is 82.5 cm³/mol. The standard InChI is InChI=1S/C17H20F3NO4/c18-17(19,20)12-8-6-11(7-9-12)14(22)15(23)21-13(16(24)25)10-4-2-1-3-5-10/h6-10,13-14,22H,1-5H2,(H,21,23)(H,24,25)/t13-,14-/m1/s1. The highest BCUT2D eigenvalue weighted by molar-refractivity contribution is 5.87. The second-order valence-electron chi connectivity index (χ2n) is 6.24. The first-order valence-electron chi connectivity index (χ1n) is 8.08. The molecule has 1 aliphatic rings. The lowest BCUT2D eigenvalue weighted by Crippen LogP contribution is -2.48. The molecule has 0 saturated heterocycles. The van der Waals surface area contributed by atoms with Crippen molar-refractivity contribution in [2.24, 2.45) is 5.92 Å². The molecule has 5 nitrogen and oxygen atoms in total. The number of hydrogen-bond donors (Lipinski definition) is 3. The maximum atomic E-state index is 12.5. The van der Waals surface area contributed by atoms with Gasteiger partial charge >= 0.3 is 12.1 Å². The second kappa shape index (κ2) is 7.86. The smallest absolute Gasteiger partial charge is 0.416 e. The average molecular weight is 359 g/mol. The molecule has 1 saturated carbocycles. The quantitative estimate of drug-likeness (QED) is 0.754. The van der Waals surface area contributed by atoms with Gasteiger partial charge in [-0.25, -0.2) is 4.79 Å². The number of amides is 1. The number of carbonyl (C=O) groups excluding carboxylic acids is 1. The third-order valence-corrected chi connectivity index (χ3v) is 4.49. The van der Waals surface area contributed by atoms with Crippen LogP contribution in [0.15, 0.2) is 24.3 Å². The third-order valence-electron chi connectivity index (χ3n) is 4.49. The van der Waals surface area contributed by atoms with Crippen molar-refractivity contribution >= 4 is 11.9 Å². The fourth-order valence-corrected chi connectivity index (χ4v) is 3.09. The predicted octanol–water partition coefficient (Wildman–Crippen LogP) is 2.89. The van der Waals surface area contributed by atoms with Crippen LogP contribution in [0.4, 0.5) is 13.2 Å². The van der Waals surface area contributed by atoms with Crippen LogP contribution < -0.4 is 5.32 Å². The van der Waals surface area contributed by atoms with Gasteiger partial charge in [0.05, 0.1) is 5.56 Å². The van der Waals surface area contributed by atoms with Crippen LogP contribution in [0.2, 0.25) is 0 Å². The lowest BCUT2D eigenvalue weighted by molar-refractivity contribution is -0.145. The Hall–Kier alpha value is -2.09. The van der Waals surface area contributed by atoms with Crippen LogP contribution in [0.5, 0.6) is 0 Å². The molecule has 1 amide bonds. The van der Waals surface area contributed by atoms with Crippen LogP contribution in [0.3, 0.4) is 0 Å². The number of alkyl halides is 3. The van der Waals surface area contributed by atoms with E-state index in [0.29, 0.717) is 12.8 Å². The number of aliphatic hydroxyl groups excluding tert-OH is 1. The van der Waals surface area contributed by atoms with Crippen molar-refractivity contribution in [2.45, 2.75) is 50.4 Å². The summed E-state index contributed by atoms with van der Waals surface area (Å²) in [5.74, 6) is -2.33. The van der Waals surface area contributed by atoms with Gasteiger partial charge in [0.15, 0.2) is 6.10 Å². The summed E-state index contributed by atoms with van der Waals surface area (Å²) < 4.78 is 37.6. The first-order chi connectivity index (χ1) is 11.7. The van der Waals surface area contributed by atoms with Crippen molar-refractivity contribution in [1.82, 2.24) is 5.32 Å². The summed E-state index contributed by atoms with van der Waals surface area (Å²) in [7, 11) is 0. The first kappa shape index (κ1) is 19.2. The van der Waals surface area contributed by atoms with Gasteiger partial charge in [-0.1, -0.05) is 31.4 Å². The van der Waals surface area contributed by atoms with Gasteiger partial charge < -0.3 is 15.5 Å². The van der Waals surface area contributed by atoms with Crippen LogP contribution in [0.25, 0.3) is 0 Å². The molecule has 1 aromatic rings. The van der Waals surface area contributed by atoms with E-state index < -0.39 is 35.8 Å². The van der Waals surface area contributed by atoms with Gasteiger partial charge in [0.2, 0.25) is 0 Å². The maximum absolute atomic E-state index is 12.5. The molecule has 138 valence electrons. The summed E-state index contributed by atoms with van der Waals surface area (Å²) in [4.78, 5) is 23.6. The molecule has 1 aromatic carbocycles. The largest absolute Gasteiger partial charge is 0.480 e. The van der Waals surface area contributed by atoms with Crippen molar-refractivity contribution in [3.05, 3.63) is 35.4 Å². The molecule has 8 heteroatoms. The molecular weight excluding hydrogens is 339 g/mol. The molecule has 2 atom stereocenters. The van der Waals surface area contributed by atoms with Crippen LogP contribution in [0.1, 0.15) is 49.3 Å². The molecule has 1 fully saturated rings. The molecule has 0 heterocycles. The summed E-state index contributed by atoms with van der Waals surface area (Å²) in [6.07, 6.45) is -2.11. The summed E-state index contributed by atoms with van der Waals surface area (Å²) in [6.45, 7) is 0. The number of halogens is 3. The third kappa shape index (κ3) is 4.94. The van der Waals surface area contributed by atoms with E-state index in [9.17, 15) is 33.0 Å². The van der Waals surface area contributed by atoms with Crippen LogP contribution in [-0.4, -0.2) is 28.1 Å². The number of carboxylic acid groups (broad SMARTS) is 1. The Bertz CT molecular complexity index is 609. The summed E-state index contributed by atoms with van der Waals surface area (Å²) in [6, 6.07) is 2.42. The van der Waals surface area contributed by atoms with E-state index >= 15 is 0 Å². The maximum Gasteiger partial charge on any atom is 0.416 e. The molecule has 0 spiro atoms. The Morgan fingerprint density at radius 1 is 1.08 bits per heavy atom. The fraction of sp³-hybridized carbons (Fsp3) is 0.529. The van der Waals surface area contributed by atoms with Gasteiger partial charge in [-0.3, -0.25) is 4.79 Å². The molecule has 1 aliphatic carbocycles. The molecule has 25 heavy (non-hydrogen) atoms. The van der Waals surface area contributed by atoms with E-state index in [0.717, 1.165) is 43.5 Å². The Kier molecular flexibility index (Phi) is 6.05. The van der Waals surface area contributed by atoms with Crippen molar-refractivity contribution in [2.75, 3.05) is 0 Å². The van der Waals surface area contributed by atoms with Crippen LogP contribution in [-0.2, 0) is 15.8 Å². The first-order valence-corrected chi connectivity index (χ1v) is 8.08. The van der Waals surface area contributed by atoms with Crippen LogP contribution >= 0.6 is 0 Å². The zero-order chi connectivity index (χ0) is 18.6. The molecular formula is C17H20F3NO4. The summed E-state index contributed by atoms with van der Waals surface area (Å²) in [5.41, 5.74) is -0.923. The number of carbonyl (C=O) groups is 2. The van der Waals surface area contributed by atoms with Crippen molar-refractivity contribution < 1.29 is 33.0 Å². The lowest BCUT2D eigenvalue weighted by Gasteiger charge is -2.28. The Morgan fingerprint density at radius 3 is 2.12 bits per heavy atom. The van der Waals surface area contributed by atoms with E-state index in [4.69, 9.17) is 0 Å². The molecule has 0 bridgehead atoms. The number of benzene rings is 1. The van der Waals surface area contributed by atoms with Gasteiger partial charge in [0, 0.05) is 0 Å². The Labute approximate surface area is 142 Å². The highest BCUT2D eigenvalue weighted by atomic mass is 19.4. The highest BCUT2D eigenvalue weighted by Gasteiger charge is 2.33. The van der Waals surface area contributed by atoms with Crippen LogP contribution in [0, 0.1) is 5.92 Å². The summed E-state index contributed by atoms with van der Waals surface area (Å²) >= 11 is 0. The van der Waals surface area contributed by atoms with E-state index in [1.165, 1.54) is 0 Å². The molecule has 0 unspecified atom stereocenters. The van der Waals surface area contributed by atoms with E-state index in [2.05, 4.69) is 5.32 Å². The van der Waals surface area contributed by atoms with Gasteiger partial charge in [-0.2, -0.15) is 13.2 Å². The highest BCUT2D eigenvalue weighted by Crippen LogP contribution is 2.30. The lowest BCUT2D eigenvalue weighted by atomic mass is 9.83. The normalized spacial score (nSPS) is 18.4. The SMILES string of the molecule is O=C(N[C@@H](C(=O)O)C1CCCCC1)[C@H](O)c1ccc(C(F)(F)F)cc1. The van der Waals surface area contributed by atoms with E-state index in [-0.39, 0.29) is 11.5 Å². The van der Waals surface area contributed by atoms with Gasteiger partial charge in [0.25, 0.3) is 5.91 Å². The van der Waals surface area contributed by atoms with Crippen molar-refractivity contribution in [3.63, 3.8) is 0 Å². The number of aliphatic carboxylic acids is 1. The van der Waals surface area contributed by atoms with Gasteiger partial charge in [-0.15, -0.1) is 0 Å². The fourth-order valence-electron chi connectivity index (χ4n) is 3.09. The number of hydrogen-bond acceptors (Lipinski definition) is 3. The minimum atomic E-state index is -4.51. The monoisotopic (exact) mass is 359 g/mol. The topological polar surface area (TPSA) is 86.6 Å². The Balaban J connectivity index is 2.06. The van der Waals surface area contributed by atoms with Gasteiger partial charge in [-0.05, 0) is 36.5 Å². The zero-order valence-corrected chi connectivity index (χ0v) is 13.4. The number of nitrogens with one attached hydrogen (secondary N) is 1. The van der Waals surface area contributed by atoms with Crippen molar-refractivity contribution in [1.29, 1.82) is 0 Å². The molecule has 3 N–H and O–H groups in total. The minimum Gasteiger partial charge on any atom is -0.480 e. The second-order valence-corrected chi connectivity index (χ2v) is 6.24. The Morgan fingerprint density at radius 2 is 1.64 bits per heavy atom. The number of rotatable bonds is 5. The number of carboxylic acids is 1. The van der Waals surface area contributed by atoms with E-state index in [1.54, 1.807) is 0 Å².